The zero-order chi connectivity index (χ0) is 13.7. The van der Waals surface area contributed by atoms with E-state index in [9.17, 15) is 0 Å². The molecule has 0 heterocycles. The Morgan fingerprint density at radius 2 is 1.79 bits per heavy atom. The van der Waals surface area contributed by atoms with Crippen LogP contribution in [0.4, 0.5) is 0 Å². The summed E-state index contributed by atoms with van der Waals surface area (Å²) in [5, 5.41) is 3.56. The van der Waals surface area contributed by atoms with Crippen LogP contribution in [0.3, 0.4) is 0 Å². The summed E-state index contributed by atoms with van der Waals surface area (Å²) >= 11 is 7.21. The van der Waals surface area contributed by atoms with Crippen LogP contribution in [0.2, 0.25) is 0 Å². The van der Waals surface area contributed by atoms with Crippen LogP contribution in [0.5, 0.6) is 0 Å². The molecule has 0 bridgehead atoms. The molecule has 1 atom stereocenters. The Kier molecular flexibility index (Phi) is 5.61. The van der Waals surface area contributed by atoms with E-state index in [0.717, 1.165) is 21.9 Å². The van der Waals surface area contributed by atoms with Gasteiger partial charge in [-0.05, 0) is 42.3 Å². The lowest BCUT2D eigenvalue weighted by Gasteiger charge is -2.20. The third-order valence-electron chi connectivity index (χ3n) is 3.07. The molecule has 3 heteroatoms. The van der Waals surface area contributed by atoms with Crippen LogP contribution in [-0.4, -0.2) is 6.54 Å². The van der Waals surface area contributed by atoms with Gasteiger partial charge >= 0.3 is 0 Å². The van der Waals surface area contributed by atoms with Crippen molar-refractivity contribution in [3.05, 3.63) is 68.6 Å². The first-order valence-electron chi connectivity index (χ1n) is 6.43. The second kappa shape index (κ2) is 7.22. The first-order chi connectivity index (χ1) is 9.20. The Hall–Kier alpha value is -0.640. The summed E-state index contributed by atoms with van der Waals surface area (Å²) in [7, 11) is 0. The molecule has 1 unspecified atom stereocenters. The lowest BCUT2D eigenvalue weighted by atomic mass is 9.99. The average Bonchev–Trinajstić information content (AvgIpc) is 2.42. The highest BCUT2D eigenvalue weighted by atomic mass is 79.9. The van der Waals surface area contributed by atoms with Gasteiger partial charge in [-0.1, -0.05) is 69.1 Å². The molecule has 0 radical (unpaired) electrons. The molecule has 0 fully saturated rings. The second-order valence-corrected chi connectivity index (χ2v) is 6.24. The minimum atomic E-state index is 0.319. The Labute approximate surface area is 131 Å². The molecule has 0 aromatic heterocycles. The molecule has 2 rings (SSSR count). The molecule has 1 nitrogen and oxygen atoms in total. The summed E-state index contributed by atoms with van der Waals surface area (Å²) in [6.45, 7) is 3.10. The van der Waals surface area contributed by atoms with Crippen LogP contribution in [0, 0.1) is 0 Å². The Balaban J connectivity index is 2.27. The van der Waals surface area contributed by atoms with Crippen molar-refractivity contribution >= 4 is 31.9 Å². The molecular formula is C16H17Br2N. The molecule has 0 aliphatic carbocycles. The number of benzene rings is 2. The van der Waals surface area contributed by atoms with Crippen LogP contribution in [-0.2, 0) is 6.42 Å². The van der Waals surface area contributed by atoms with Crippen molar-refractivity contribution in [3.63, 3.8) is 0 Å². The number of hydrogen-bond acceptors (Lipinski definition) is 1. The largest absolute Gasteiger partial charge is 0.310 e. The highest BCUT2D eigenvalue weighted by Gasteiger charge is 2.14. The molecule has 2 aromatic rings. The van der Waals surface area contributed by atoms with Gasteiger partial charge < -0.3 is 5.32 Å². The van der Waals surface area contributed by atoms with Crippen LogP contribution in [0.25, 0.3) is 0 Å². The summed E-state index contributed by atoms with van der Waals surface area (Å²) < 4.78 is 2.26. The van der Waals surface area contributed by atoms with Crippen molar-refractivity contribution in [2.75, 3.05) is 6.54 Å². The Bertz CT molecular complexity index is 526. The molecule has 2 aromatic carbocycles. The van der Waals surface area contributed by atoms with Crippen molar-refractivity contribution in [2.45, 2.75) is 19.4 Å². The highest BCUT2D eigenvalue weighted by Crippen LogP contribution is 2.29. The quantitative estimate of drug-likeness (QED) is 0.757. The van der Waals surface area contributed by atoms with Gasteiger partial charge in [-0.15, -0.1) is 0 Å². The summed E-state index contributed by atoms with van der Waals surface area (Å²) in [6.07, 6.45) is 0.990. The van der Waals surface area contributed by atoms with E-state index < -0.39 is 0 Å². The monoisotopic (exact) mass is 381 g/mol. The summed E-state index contributed by atoms with van der Waals surface area (Å²) in [4.78, 5) is 0. The molecular weight excluding hydrogens is 366 g/mol. The molecule has 0 amide bonds. The van der Waals surface area contributed by atoms with Crippen molar-refractivity contribution in [1.29, 1.82) is 0 Å². The Morgan fingerprint density at radius 1 is 1.05 bits per heavy atom. The Morgan fingerprint density at radius 3 is 2.47 bits per heavy atom. The maximum absolute atomic E-state index is 3.65. The van der Waals surface area contributed by atoms with E-state index in [1.54, 1.807) is 0 Å². The minimum Gasteiger partial charge on any atom is -0.310 e. The van der Waals surface area contributed by atoms with Crippen molar-refractivity contribution < 1.29 is 0 Å². The molecule has 0 aliphatic heterocycles. The number of nitrogens with one attached hydrogen (secondary N) is 1. The summed E-state index contributed by atoms with van der Waals surface area (Å²) in [5.41, 5.74) is 2.64. The fraction of sp³-hybridized carbons (Fsp3) is 0.250. The van der Waals surface area contributed by atoms with E-state index in [2.05, 4.69) is 92.6 Å². The van der Waals surface area contributed by atoms with Gasteiger partial charge in [-0.3, -0.25) is 0 Å². The fourth-order valence-corrected chi connectivity index (χ4v) is 3.07. The summed E-state index contributed by atoms with van der Waals surface area (Å²) in [6, 6.07) is 17.2. The van der Waals surface area contributed by atoms with E-state index in [1.807, 2.05) is 0 Å². The summed E-state index contributed by atoms with van der Waals surface area (Å²) in [5.74, 6) is 0. The first-order valence-corrected chi connectivity index (χ1v) is 8.01. The predicted octanol–water partition coefficient (Wildman–Crippen LogP) is 5.10. The van der Waals surface area contributed by atoms with E-state index in [1.165, 1.54) is 11.1 Å². The standard InChI is InChI=1S/C16H17Br2N/c1-2-19-16(10-12-6-4-3-5-7-12)14-11-13(17)8-9-15(14)18/h3-9,11,16,19H,2,10H2,1H3. The van der Waals surface area contributed by atoms with Crippen molar-refractivity contribution in [2.24, 2.45) is 0 Å². The van der Waals surface area contributed by atoms with Gasteiger partial charge in [0, 0.05) is 15.0 Å². The zero-order valence-electron chi connectivity index (χ0n) is 10.9. The first kappa shape index (κ1) is 14.8. The van der Waals surface area contributed by atoms with Crippen LogP contribution in [0.15, 0.2) is 57.5 Å². The van der Waals surface area contributed by atoms with Crippen LogP contribution < -0.4 is 5.32 Å². The van der Waals surface area contributed by atoms with Crippen LogP contribution >= 0.6 is 31.9 Å². The number of likely N-dealkylation sites (N-methyl/N-ethyl adjacent to an activating group) is 1. The third-order valence-corrected chi connectivity index (χ3v) is 4.28. The molecule has 0 spiro atoms. The molecule has 0 saturated heterocycles. The average molecular weight is 383 g/mol. The molecule has 0 saturated carbocycles. The van der Waals surface area contributed by atoms with Gasteiger partial charge in [0.2, 0.25) is 0 Å². The van der Waals surface area contributed by atoms with Gasteiger partial charge in [-0.25, -0.2) is 0 Å². The SMILES string of the molecule is CCNC(Cc1ccccc1)c1cc(Br)ccc1Br. The lowest BCUT2D eigenvalue weighted by molar-refractivity contribution is 0.548. The molecule has 19 heavy (non-hydrogen) atoms. The van der Waals surface area contributed by atoms with E-state index in [-0.39, 0.29) is 0 Å². The second-order valence-electron chi connectivity index (χ2n) is 4.47. The van der Waals surface area contributed by atoms with Crippen molar-refractivity contribution in [1.82, 2.24) is 5.32 Å². The van der Waals surface area contributed by atoms with Gasteiger partial charge in [0.15, 0.2) is 0 Å². The molecule has 1 N–H and O–H groups in total. The van der Waals surface area contributed by atoms with Crippen LogP contribution in [0.1, 0.15) is 24.1 Å². The smallest absolute Gasteiger partial charge is 0.0372 e. The maximum Gasteiger partial charge on any atom is 0.0372 e. The van der Waals surface area contributed by atoms with E-state index in [4.69, 9.17) is 0 Å². The van der Waals surface area contributed by atoms with Gasteiger partial charge in [0.1, 0.15) is 0 Å². The molecule has 100 valence electrons. The predicted molar refractivity (Wildman–Crippen MR) is 88.4 cm³/mol. The van der Waals surface area contributed by atoms with E-state index in [0.29, 0.717) is 6.04 Å². The normalized spacial score (nSPS) is 12.4. The number of halogens is 2. The highest BCUT2D eigenvalue weighted by molar-refractivity contribution is 9.11. The van der Waals surface area contributed by atoms with Gasteiger partial charge in [-0.2, -0.15) is 0 Å². The number of hydrogen-bond donors (Lipinski definition) is 1. The van der Waals surface area contributed by atoms with Gasteiger partial charge in [0.25, 0.3) is 0 Å². The minimum absolute atomic E-state index is 0.319. The number of rotatable bonds is 5. The van der Waals surface area contributed by atoms with E-state index >= 15 is 0 Å². The molecule has 0 aliphatic rings. The zero-order valence-corrected chi connectivity index (χ0v) is 14.0. The fourth-order valence-electron chi connectivity index (χ4n) is 2.17. The van der Waals surface area contributed by atoms with Crippen molar-refractivity contribution in [3.8, 4) is 0 Å². The topological polar surface area (TPSA) is 12.0 Å². The third kappa shape index (κ3) is 4.16. The van der Waals surface area contributed by atoms with Gasteiger partial charge in [0.05, 0.1) is 0 Å². The maximum atomic E-state index is 3.65. The lowest BCUT2D eigenvalue weighted by Crippen LogP contribution is -2.23.